The van der Waals surface area contributed by atoms with Crippen molar-refractivity contribution < 1.29 is 0 Å². The van der Waals surface area contributed by atoms with Crippen molar-refractivity contribution in [3.63, 3.8) is 0 Å². The van der Waals surface area contributed by atoms with Crippen molar-refractivity contribution in [3.8, 4) is 0 Å². The number of likely N-dealkylation sites (tertiary alicyclic amines) is 1. The van der Waals surface area contributed by atoms with Crippen molar-refractivity contribution in [2.24, 2.45) is 5.92 Å². The predicted octanol–water partition coefficient (Wildman–Crippen LogP) is 3.17. The van der Waals surface area contributed by atoms with Crippen molar-refractivity contribution >= 4 is 0 Å². The van der Waals surface area contributed by atoms with Crippen LogP contribution in [0.15, 0.2) is 24.3 Å². The molecule has 3 rings (SSSR count). The maximum absolute atomic E-state index is 3.52. The molecule has 1 aliphatic carbocycles. The van der Waals surface area contributed by atoms with Crippen LogP contribution < -0.4 is 5.32 Å². The van der Waals surface area contributed by atoms with Gasteiger partial charge >= 0.3 is 0 Å². The van der Waals surface area contributed by atoms with Gasteiger partial charge in [-0.1, -0.05) is 31.2 Å². The molecule has 0 amide bonds. The van der Waals surface area contributed by atoms with E-state index in [1.165, 1.54) is 31.4 Å². The van der Waals surface area contributed by atoms with Gasteiger partial charge in [-0.05, 0) is 68.9 Å². The van der Waals surface area contributed by atoms with Crippen molar-refractivity contribution in [1.29, 1.82) is 0 Å². The summed E-state index contributed by atoms with van der Waals surface area (Å²) < 4.78 is 0. The molecule has 104 valence electrons. The van der Waals surface area contributed by atoms with Crippen LogP contribution in [0.3, 0.4) is 0 Å². The average molecular weight is 258 g/mol. The number of rotatable bonds is 5. The Morgan fingerprint density at radius 2 is 1.79 bits per heavy atom. The van der Waals surface area contributed by atoms with Crippen LogP contribution in [0.1, 0.15) is 49.3 Å². The van der Waals surface area contributed by atoms with E-state index < -0.39 is 0 Å². The van der Waals surface area contributed by atoms with E-state index >= 15 is 0 Å². The lowest BCUT2D eigenvalue weighted by atomic mass is 9.92. The van der Waals surface area contributed by atoms with Crippen LogP contribution >= 0.6 is 0 Å². The fourth-order valence-corrected chi connectivity index (χ4v) is 3.48. The van der Waals surface area contributed by atoms with Gasteiger partial charge in [0.25, 0.3) is 0 Å². The molecule has 0 aromatic heterocycles. The first-order valence-corrected chi connectivity index (χ1v) is 7.80. The standard InChI is InChI=1S/C17H26N2/c1-3-18-12-16-10-11-19(2)17(16)15-8-6-14(7-9-15)13-4-5-13/h6-9,13,16-18H,3-5,10-12H2,1-2H3. The van der Waals surface area contributed by atoms with Crippen LogP contribution in [0.4, 0.5) is 0 Å². The third kappa shape index (κ3) is 2.85. The zero-order valence-corrected chi connectivity index (χ0v) is 12.2. The molecule has 0 bridgehead atoms. The van der Waals surface area contributed by atoms with Gasteiger partial charge in [-0.3, -0.25) is 4.90 Å². The molecule has 2 heteroatoms. The van der Waals surface area contributed by atoms with Gasteiger partial charge in [0.1, 0.15) is 0 Å². The molecule has 2 aliphatic rings. The Morgan fingerprint density at radius 3 is 2.42 bits per heavy atom. The van der Waals surface area contributed by atoms with Crippen molar-refractivity contribution in [2.75, 3.05) is 26.7 Å². The average Bonchev–Trinajstić information content (AvgIpc) is 3.21. The molecule has 1 saturated carbocycles. The summed E-state index contributed by atoms with van der Waals surface area (Å²) in [6.07, 6.45) is 4.11. The topological polar surface area (TPSA) is 15.3 Å². The quantitative estimate of drug-likeness (QED) is 0.872. The summed E-state index contributed by atoms with van der Waals surface area (Å²) in [5, 5.41) is 3.52. The minimum absolute atomic E-state index is 0.604. The van der Waals surface area contributed by atoms with E-state index in [1.54, 1.807) is 5.56 Å². The summed E-state index contributed by atoms with van der Waals surface area (Å²) in [6.45, 7) is 5.65. The van der Waals surface area contributed by atoms with Gasteiger partial charge in [-0.15, -0.1) is 0 Å². The monoisotopic (exact) mass is 258 g/mol. The lowest BCUT2D eigenvalue weighted by molar-refractivity contribution is 0.273. The molecule has 1 aromatic rings. The van der Waals surface area contributed by atoms with Crippen LogP contribution in [0.5, 0.6) is 0 Å². The molecular weight excluding hydrogens is 232 g/mol. The van der Waals surface area contributed by atoms with Crippen LogP contribution in [0.2, 0.25) is 0 Å². The lowest BCUT2D eigenvalue weighted by Crippen LogP contribution is -2.28. The highest BCUT2D eigenvalue weighted by Crippen LogP contribution is 2.41. The fourth-order valence-electron chi connectivity index (χ4n) is 3.48. The van der Waals surface area contributed by atoms with Crippen LogP contribution in [0.25, 0.3) is 0 Å². The zero-order valence-electron chi connectivity index (χ0n) is 12.2. The van der Waals surface area contributed by atoms with Gasteiger partial charge in [0, 0.05) is 6.04 Å². The highest BCUT2D eigenvalue weighted by atomic mass is 15.2. The first-order chi connectivity index (χ1) is 9.29. The van der Waals surface area contributed by atoms with Crippen LogP contribution in [-0.2, 0) is 0 Å². The van der Waals surface area contributed by atoms with Gasteiger partial charge < -0.3 is 5.32 Å². The van der Waals surface area contributed by atoms with E-state index in [1.807, 2.05) is 0 Å². The SMILES string of the molecule is CCNCC1CCN(C)C1c1ccc(C2CC2)cc1. The maximum atomic E-state index is 3.52. The molecule has 0 radical (unpaired) electrons. The smallest absolute Gasteiger partial charge is 0.0385 e. The third-order valence-corrected chi connectivity index (χ3v) is 4.76. The fraction of sp³-hybridized carbons (Fsp3) is 0.647. The van der Waals surface area contributed by atoms with E-state index in [2.05, 4.69) is 48.5 Å². The minimum atomic E-state index is 0.604. The predicted molar refractivity (Wildman–Crippen MR) is 80.4 cm³/mol. The summed E-state index contributed by atoms with van der Waals surface area (Å²) in [6, 6.07) is 10.1. The number of nitrogens with zero attached hydrogens (tertiary/aromatic N) is 1. The molecule has 2 nitrogen and oxygen atoms in total. The Hall–Kier alpha value is -0.860. The number of benzene rings is 1. The van der Waals surface area contributed by atoms with Gasteiger partial charge in [0.2, 0.25) is 0 Å². The highest BCUT2D eigenvalue weighted by molar-refractivity contribution is 5.30. The second kappa shape index (κ2) is 5.64. The zero-order chi connectivity index (χ0) is 13.2. The molecule has 1 aromatic carbocycles. The number of nitrogens with one attached hydrogen (secondary N) is 1. The van der Waals surface area contributed by atoms with Crippen molar-refractivity contribution in [1.82, 2.24) is 10.2 Å². The lowest BCUT2D eigenvalue weighted by Gasteiger charge is -2.26. The summed E-state index contributed by atoms with van der Waals surface area (Å²) in [4.78, 5) is 2.52. The summed E-state index contributed by atoms with van der Waals surface area (Å²) in [7, 11) is 2.27. The normalized spacial score (nSPS) is 27.9. The van der Waals surface area contributed by atoms with E-state index in [0.29, 0.717) is 6.04 Å². The van der Waals surface area contributed by atoms with E-state index in [4.69, 9.17) is 0 Å². The van der Waals surface area contributed by atoms with Crippen molar-refractivity contribution in [3.05, 3.63) is 35.4 Å². The van der Waals surface area contributed by atoms with Gasteiger partial charge in [-0.25, -0.2) is 0 Å². The van der Waals surface area contributed by atoms with Gasteiger partial charge in [0.05, 0.1) is 0 Å². The molecule has 1 N–H and O–H groups in total. The first-order valence-electron chi connectivity index (χ1n) is 7.80. The van der Waals surface area contributed by atoms with E-state index in [0.717, 1.165) is 24.9 Å². The number of hydrogen-bond acceptors (Lipinski definition) is 2. The Morgan fingerprint density at radius 1 is 1.11 bits per heavy atom. The second-order valence-corrected chi connectivity index (χ2v) is 6.22. The molecule has 1 heterocycles. The van der Waals surface area contributed by atoms with Gasteiger partial charge in [-0.2, -0.15) is 0 Å². The molecule has 19 heavy (non-hydrogen) atoms. The molecule has 2 fully saturated rings. The van der Waals surface area contributed by atoms with Crippen LogP contribution in [-0.4, -0.2) is 31.6 Å². The summed E-state index contributed by atoms with van der Waals surface area (Å²) in [5.41, 5.74) is 3.06. The molecule has 2 atom stereocenters. The third-order valence-electron chi connectivity index (χ3n) is 4.76. The van der Waals surface area contributed by atoms with Crippen LogP contribution in [0, 0.1) is 5.92 Å². The minimum Gasteiger partial charge on any atom is -0.317 e. The Bertz CT molecular complexity index is 408. The molecular formula is C17H26N2. The summed E-state index contributed by atoms with van der Waals surface area (Å²) in [5.74, 6) is 1.63. The maximum Gasteiger partial charge on any atom is 0.0385 e. The summed E-state index contributed by atoms with van der Waals surface area (Å²) >= 11 is 0. The Labute approximate surface area is 117 Å². The Kier molecular flexibility index (Phi) is 3.90. The molecule has 1 saturated heterocycles. The molecule has 1 aliphatic heterocycles. The number of hydrogen-bond donors (Lipinski definition) is 1. The first kappa shape index (κ1) is 13.1. The molecule has 0 spiro atoms. The van der Waals surface area contributed by atoms with Crippen molar-refractivity contribution in [2.45, 2.75) is 38.1 Å². The largest absolute Gasteiger partial charge is 0.317 e. The van der Waals surface area contributed by atoms with E-state index in [9.17, 15) is 0 Å². The Balaban J connectivity index is 1.73. The van der Waals surface area contributed by atoms with Gasteiger partial charge in [0.15, 0.2) is 0 Å². The second-order valence-electron chi connectivity index (χ2n) is 6.22. The van der Waals surface area contributed by atoms with E-state index in [-0.39, 0.29) is 0 Å². The highest BCUT2D eigenvalue weighted by Gasteiger charge is 2.32. The molecule has 2 unspecified atom stereocenters.